The average Bonchev–Trinajstić information content (AvgIpc) is 2.60. The summed E-state index contributed by atoms with van der Waals surface area (Å²) in [4.78, 5) is 33.1. The second-order valence-corrected chi connectivity index (χ2v) is 5.48. The van der Waals surface area contributed by atoms with Gasteiger partial charge in [0.25, 0.3) is 5.56 Å². The standard InChI is InChI=1S/C18H18N4O2/c1-13-21-16-8-3-2-7-15(16)18(24)22(13)11-9-17(23)20-12-14-6-4-5-10-19-14/h2-8,10H,9,11-12H2,1H3,(H,20,23). The van der Waals surface area contributed by atoms with Crippen molar-refractivity contribution in [1.82, 2.24) is 19.9 Å². The van der Waals surface area contributed by atoms with Crippen LogP contribution in [-0.4, -0.2) is 20.4 Å². The van der Waals surface area contributed by atoms with E-state index in [1.54, 1.807) is 23.8 Å². The summed E-state index contributed by atoms with van der Waals surface area (Å²) in [7, 11) is 0. The molecule has 1 aromatic carbocycles. The largest absolute Gasteiger partial charge is 0.350 e. The molecule has 122 valence electrons. The lowest BCUT2D eigenvalue weighted by Gasteiger charge is -2.11. The highest BCUT2D eigenvalue weighted by Crippen LogP contribution is 2.07. The van der Waals surface area contributed by atoms with Crippen LogP contribution < -0.4 is 10.9 Å². The van der Waals surface area contributed by atoms with E-state index in [2.05, 4.69) is 15.3 Å². The zero-order valence-electron chi connectivity index (χ0n) is 13.4. The molecule has 2 heterocycles. The summed E-state index contributed by atoms with van der Waals surface area (Å²) >= 11 is 0. The summed E-state index contributed by atoms with van der Waals surface area (Å²) in [6.07, 6.45) is 1.90. The van der Waals surface area contributed by atoms with Crippen LogP contribution >= 0.6 is 0 Å². The third-order valence-corrected chi connectivity index (χ3v) is 3.81. The maximum atomic E-state index is 12.5. The molecule has 3 rings (SSSR count). The molecule has 24 heavy (non-hydrogen) atoms. The van der Waals surface area contributed by atoms with Crippen molar-refractivity contribution >= 4 is 16.8 Å². The number of para-hydroxylation sites is 1. The predicted molar refractivity (Wildman–Crippen MR) is 91.4 cm³/mol. The van der Waals surface area contributed by atoms with Gasteiger partial charge in [0.2, 0.25) is 5.91 Å². The van der Waals surface area contributed by atoms with E-state index in [0.717, 1.165) is 5.69 Å². The Bertz CT molecular complexity index is 919. The molecule has 6 nitrogen and oxygen atoms in total. The number of nitrogens with zero attached hydrogens (tertiary/aromatic N) is 3. The molecule has 0 radical (unpaired) electrons. The number of rotatable bonds is 5. The second kappa shape index (κ2) is 7.04. The molecule has 0 aliphatic carbocycles. The van der Waals surface area contributed by atoms with Crippen molar-refractivity contribution in [2.45, 2.75) is 26.4 Å². The fourth-order valence-corrected chi connectivity index (χ4v) is 2.54. The lowest BCUT2D eigenvalue weighted by atomic mass is 10.2. The molecule has 0 bridgehead atoms. The highest BCUT2D eigenvalue weighted by atomic mass is 16.1. The van der Waals surface area contributed by atoms with Crippen molar-refractivity contribution in [3.05, 3.63) is 70.5 Å². The van der Waals surface area contributed by atoms with Gasteiger partial charge in [-0.15, -0.1) is 0 Å². The predicted octanol–water partition coefficient (Wildman–Crippen LogP) is 1.81. The number of nitrogens with one attached hydrogen (secondary N) is 1. The highest BCUT2D eigenvalue weighted by molar-refractivity contribution is 5.77. The second-order valence-electron chi connectivity index (χ2n) is 5.48. The molecular weight excluding hydrogens is 304 g/mol. The maximum absolute atomic E-state index is 12.5. The first kappa shape index (κ1) is 15.9. The molecule has 0 saturated carbocycles. The molecule has 0 aliphatic heterocycles. The molecule has 0 saturated heterocycles. The van der Waals surface area contributed by atoms with E-state index < -0.39 is 0 Å². The number of hydrogen-bond acceptors (Lipinski definition) is 4. The van der Waals surface area contributed by atoms with Crippen LogP contribution in [0.1, 0.15) is 17.9 Å². The summed E-state index contributed by atoms with van der Waals surface area (Å²) in [5, 5.41) is 3.37. The van der Waals surface area contributed by atoms with E-state index in [0.29, 0.717) is 29.8 Å². The topological polar surface area (TPSA) is 76.9 Å². The highest BCUT2D eigenvalue weighted by Gasteiger charge is 2.09. The molecule has 1 N–H and O–H groups in total. The Morgan fingerprint density at radius 2 is 1.96 bits per heavy atom. The van der Waals surface area contributed by atoms with Gasteiger partial charge in [-0.3, -0.25) is 19.1 Å². The molecule has 0 aliphatic rings. The molecule has 6 heteroatoms. The van der Waals surface area contributed by atoms with Gasteiger partial charge in [-0.2, -0.15) is 0 Å². The zero-order valence-corrected chi connectivity index (χ0v) is 13.4. The van der Waals surface area contributed by atoms with Gasteiger partial charge >= 0.3 is 0 Å². The first-order chi connectivity index (χ1) is 11.6. The number of amides is 1. The van der Waals surface area contributed by atoms with Gasteiger partial charge in [-0.1, -0.05) is 18.2 Å². The van der Waals surface area contributed by atoms with E-state index in [9.17, 15) is 9.59 Å². The summed E-state index contributed by atoms with van der Waals surface area (Å²) in [6.45, 7) is 2.46. The molecule has 2 aromatic heterocycles. The average molecular weight is 322 g/mol. The van der Waals surface area contributed by atoms with Crippen LogP contribution in [0.5, 0.6) is 0 Å². The van der Waals surface area contributed by atoms with Crippen LogP contribution in [0, 0.1) is 6.92 Å². The Hall–Kier alpha value is -3.02. The number of pyridine rings is 1. The number of fused-ring (bicyclic) bond motifs is 1. The number of benzene rings is 1. The van der Waals surface area contributed by atoms with Gasteiger partial charge in [0.15, 0.2) is 0 Å². The fourth-order valence-electron chi connectivity index (χ4n) is 2.54. The molecule has 0 spiro atoms. The van der Waals surface area contributed by atoms with Gasteiger partial charge in [0.05, 0.1) is 23.1 Å². The quantitative estimate of drug-likeness (QED) is 0.777. The molecule has 0 fully saturated rings. The molecular formula is C18H18N4O2. The third kappa shape index (κ3) is 3.48. The van der Waals surface area contributed by atoms with Crippen molar-refractivity contribution in [2.75, 3.05) is 0 Å². The van der Waals surface area contributed by atoms with Crippen LogP contribution in [0.15, 0.2) is 53.5 Å². The lowest BCUT2D eigenvalue weighted by molar-refractivity contribution is -0.121. The Balaban J connectivity index is 1.67. The van der Waals surface area contributed by atoms with Crippen molar-refractivity contribution in [3.63, 3.8) is 0 Å². The van der Waals surface area contributed by atoms with Crippen LogP contribution in [0.3, 0.4) is 0 Å². The van der Waals surface area contributed by atoms with Crippen molar-refractivity contribution in [2.24, 2.45) is 0 Å². The minimum Gasteiger partial charge on any atom is -0.350 e. The molecule has 1 amide bonds. The van der Waals surface area contributed by atoms with Crippen molar-refractivity contribution in [3.8, 4) is 0 Å². The monoisotopic (exact) mass is 322 g/mol. The summed E-state index contributed by atoms with van der Waals surface area (Å²) in [5.41, 5.74) is 1.36. The van der Waals surface area contributed by atoms with Gasteiger partial charge in [-0.25, -0.2) is 4.98 Å². The Morgan fingerprint density at radius 1 is 1.17 bits per heavy atom. The summed E-state index contributed by atoms with van der Waals surface area (Å²) in [5.74, 6) is 0.483. The Labute approximate surface area is 139 Å². The molecule has 3 aromatic rings. The number of aromatic nitrogens is 3. The summed E-state index contributed by atoms with van der Waals surface area (Å²) in [6, 6.07) is 12.8. The zero-order chi connectivity index (χ0) is 16.9. The van der Waals surface area contributed by atoms with Gasteiger partial charge in [0, 0.05) is 19.2 Å². The number of hydrogen-bond donors (Lipinski definition) is 1. The third-order valence-electron chi connectivity index (χ3n) is 3.81. The number of aryl methyl sites for hydroxylation is 1. The van der Waals surface area contributed by atoms with Gasteiger partial charge in [0.1, 0.15) is 5.82 Å². The van der Waals surface area contributed by atoms with E-state index in [4.69, 9.17) is 0 Å². The van der Waals surface area contributed by atoms with Crippen LogP contribution in [0.25, 0.3) is 10.9 Å². The van der Waals surface area contributed by atoms with Crippen molar-refractivity contribution in [1.29, 1.82) is 0 Å². The van der Waals surface area contributed by atoms with E-state index in [1.807, 2.05) is 36.4 Å². The van der Waals surface area contributed by atoms with Gasteiger partial charge in [-0.05, 0) is 31.2 Å². The van der Waals surface area contributed by atoms with E-state index >= 15 is 0 Å². The summed E-state index contributed by atoms with van der Waals surface area (Å²) < 4.78 is 1.54. The Kier molecular flexibility index (Phi) is 4.65. The normalized spacial score (nSPS) is 10.7. The maximum Gasteiger partial charge on any atom is 0.261 e. The van der Waals surface area contributed by atoms with E-state index in [1.165, 1.54) is 0 Å². The van der Waals surface area contributed by atoms with Crippen LogP contribution in [-0.2, 0) is 17.9 Å². The van der Waals surface area contributed by atoms with Crippen molar-refractivity contribution < 1.29 is 4.79 Å². The minimum absolute atomic E-state index is 0.115. The first-order valence-electron chi connectivity index (χ1n) is 7.78. The Morgan fingerprint density at radius 3 is 2.75 bits per heavy atom. The fraction of sp³-hybridized carbons (Fsp3) is 0.222. The number of carbonyl (C=O) groups is 1. The molecule has 0 unspecified atom stereocenters. The first-order valence-corrected chi connectivity index (χ1v) is 7.78. The lowest BCUT2D eigenvalue weighted by Crippen LogP contribution is -2.29. The molecule has 0 atom stereocenters. The van der Waals surface area contributed by atoms with E-state index in [-0.39, 0.29) is 17.9 Å². The number of carbonyl (C=O) groups excluding carboxylic acids is 1. The smallest absolute Gasteiger partial charge is 0.261 e. The van der Waals surface area contributed by atoms with Crippen LogP contribution in [0.4, 0.5) is 0 Å². The SMILES string of the molecule is Cc1nc2ccccc2c(=O)n1CCC(=O)NCc1ccccn1. The van der Waals surface area contributed by atoms with Gasteiger partial charge < -0.3 is 5.32 Å². The minimum atomic E-state index is -0.125. The van der Waals surface area contributed by atoms with Crippen LogP contribution in [0.2, 0.25) is 0 Å².